The molecule has 4 rings (SSSR count). The molecular weight excluding hydrogens is 388 g/mol. The van der Waals surface area contributed by atoms with Crippen LogP contribution in [0.5, 0.6) is 5.75 Å². The minimum atomic E-state index is 0.0170. The molecule has 0 spiro atoms. The third-order valence-electron chi connectivity index (χ3n) is 5.20. The first-order valence-corrected chi connectivity index (χ1v) is 10.5. The number of hydrogen-bond donors (Lipinski definition) is 0. The van der Waals surface area contributed by atoms with Crippen molar-refractivity contribution >= 4 is 17.2 Å². The molecule has 1 fully saturated rings. The lowest BCUT2D eigenvalue weighted by Crippen LogP contribution is -2.49. The second-order valence-corrected chi connectivity index (χ2v) is 8.08. The van der Waals surface area contributed by atoms with Gasteiger partial charge in [-0.25, -0.2) is 0 Å². The van der Waals surface area contributed by atoms with E-state index in [1.54, 1.807) is 11.3 Å². The molecule has 0 N–H and O–H groups in total. The van der Waals surface area contributed by atoms with Crippen LogP contribution in [0.2, 0.25) is 0 Å². The van der Waals surface area contributed by atoms with Crippen LogP contribution < -0.4 is 4.74 Å². The Bertz CT molecular complexity index is 962. The third-order valence-corrected chi connectivity index (χ3v) is 6.07. The monoisotopic (exact) mass is 412 g/mol. The van der Waals surface area contributed by atoms with Gasteiger partial charge in [-0.05, 0) is 42.5 Å². The minimum absolute atomic E-state index is 0.0170. The van der Waals surface area contributed by atoms with Gasteiger partial charge in [0.2, 0.25) is 11.7 Å². The summed E-state index contributed by atoms with van der Waals surface area (Å²) in [5, 5.41) is 6.04. The van der Waals surface area contributed by atoms with Crippen LogP contribution in [0.3, 0.4) is 0 Å². The van der Waals surface area contributed by atoms with E-state index in [-0.39, 0.29) is 12.5 Å². The molecule has 8 heteroatoms. The molecule has 3 heterocycles. The van der Waals surface area contributed by atoms with Gasteiger partial charge in [0.05, 0.1) is 11.4 Å². The number of thiophene rings is 1. The highest BCUT2D eigenvalue weighted by atomic mass is 32.1. The number of carbonyl (C=O) groups excluding carboxylic acids is 1. The summed E-state index contributed by atoms with van der Waals surface area (Å²) in [4.78, 5) is 22.1. The van der Waals surface area contributed by atoms with E-state index < -0.39 is 0 Å². The first kappa shape index (κ1) is 19.6. The second-order valence-electron chi connectivity index (χ2n) is 7.13. The van der Waals surface area contributed by atoms with Crippen molar-refractivity contribution < 1.29 is 14.1 Å². The first-order chi connectivity index (χ1) is 14.1. The lowest BCUT2D eigenvalue weighted by Gasteiger charge is -2.33. The van der Waals surface area contributed by atoms with Gasteiger partial charge in [0.25, 0.3) is 5.91 Å². The number of aromatic nitrogens is 2. The van der Waals surface area contributed by atoms with E-state index in [1.807, 2.05) is 54.5 Å². The Morgan fingerprint density at radius 1 is 1.17 bits per heavy atom. The molecule has 29 heavy (non-hydrogen) atoms. The number of piperazine rings is 1. The zero-order valence-electron chi connectivity index (χ0n) is 16.6. The maximum Gasteiger partial charge on any atom is 0.260 e. The number of aryl methyl sites for hydroxylation is 1. The van der Waals surface area contributed by atoms with Crippen molar-refractivity contribution in [1.82, 2.24) is 19.9 Å². The standard InChI is InChI=1S/C21H24N4O3S/c1-15-5-3-6-17(16(15)2)27-14-20(26)25-10-8-24(9-11-25)13-19-22-21(23-28-19)18-7-4-12-29-18/h3-7,12H,8-11,13-14H2,1-2H3. The van der Waals surface area contributed by atoms with Crippen LogP contribution in [-0.4, -0.2) is 58.6 Å². The molecule has 0 saturated carbocycles. The number of benzene rings is 1. The van der Waals surface area contributed by atoms with Crippen molar-refractivity contribution in [3.63, 3.8) is 0 Å². The van der Waals surface area contributed by atoms with Gasteiger partial charge >= 0.3 is 0 Å². The lowest BCUT2D eigenvalue weighted by molar-refractivity contribution is -0.135. The fraction of sp³-hybridized carbons (Fsp3) is 0.381. The number of nitrogens with zero attached hydrogens (tertiary/aromatic N) is 4. The maximum atomic E-state index is 12.5. The molecule has 1 aliphatic rings. The van der Waals surface area contributed by atoms with Gasteiger partial charge in [0.15, 0.2) is 6.61 Å². The number of rotatable bonds is 6. The van der Waals surface area contributed by atoms with Gasteiger partial charge in [-0.2, -0.15) is 4.98 Å². The van der Waals surface area contributed by atoms with Gasteiger partial charge in [0.1, 0.15) is 5.75 Å². The molecule has 1 saturated heterocycles. The molecule has 1 aromatic carbocycles. The quantitative estimate of drug-likeness (QED) is 0.619. The Hall–Kier alpha value is -2.71. The van der Waals surface area contributed by atoms with Crippen LogP contribution in [0, 0.1) is 13.8 Å². The van der Waals surface area contributed by atoms with Gasteiger partial charge < -0.3 is 14.2 Å². The number of amides is 1. The summed E-state index contributed by atoms with van der Waals surface area (Å²) in [6.45, 7) is 7.59. The van der Waals surface area contributed by atoms with Gasteiger partial charge in [0, 0.05) is 26.2 Å². The van der Waals surface area contributed by atoms with E-state index in [4.69, 9.17) is 9.26 Å². The van der Waals surface area contributed by atoms with E-state index in [9.17, 15) is 4.79 Å². The highest BCUT2D eigenvalue weighted by Crippen LogP contribution is 2.22. The summed E-state index contributed by atoms with van der Waals surface area (Å²) in [5.41, 5.74) is 2.23. The van der Waals surface area contributed by atoms with Crippen molar-refractivity contribution in [3.05, 3.63) is 52.7 Å². The maximum absolute atomic E-state index is 12.5. The second kappa shape index (κ2) is 8.75. The van der Waals surface area contributed by atoms with E-state index in [2.05, 4.69) is 15.0 Å². The van der Waals surface area contributed by atoms with Crippen LogP contribution in [0.25, 0.3) is 10.7 Å². The third kappa shape index (κ3) is 4.65. The summed E-state index contributed by atoms with van der Waals surface area (Å²) in [6.07, 6.45) is 0. The lowest BCUT2D eigenvalue weighted by atomic mass is 10.1. The molecule has 0 aliphatic carbocycles. The average molecular weight is 413 g/mol. The normalized spacial score (nSPS) is 14.9. The SMILES string of the molecule is Cc1cccc(OCC(=O)N2CCN(Cc3nc(-c4cccs4)no3)CC2)c1C. The number of hydrogen-bond acceptors (Lipinski definition) is 7. The smallest absolute Gasteiger partial charge is 0.260 e. The molecule has 152 valence electrons. The van der Waals surface area contributed by atoms with Gasteiger partial charge in [-0.15, -0.1) is 11.3 Å². The summed E-state index contributed by atoms with van der Waals surface area (Å²) in [5.74, 6) is 2.03. The Labute approximate surface area is 173 Å². The van der Waals surface area contributed by atoms with Crippen molar-refractivity contribution in [1.29, 1.82) is 0 Å². The van der Waals surface area contributed by atoms with Gasteiger partial charge in [-0.1, -0.05) is 23.4 Å². The minimum Gasteiger partial charge on any atom is -0.483 e. The molecule has 7 nitrogen and oxygen atoms in total. The highest BCUT2D eigenvalue weighted by molar-refractivity contribution is 7.13. The molecule has 1 amide bonds. The van der Waals surface area contributed by atoms with Crippen LogP contribution in [0.1, 0.15) is 17.0 Å². The molecule has 2 aromatic heterocycles. The molecule has 0 unspecified atom stereocenters. The predicted octanol–water partition coefficient (Wildman–Crippen LogP) is 3.14. The molecule has 0 atom stereocenters. The average Bonchev–Trinajstić information content (AvgIpc) is 3.41. The Morgan fingerprint density at radius 3 is 2.76 bits per heavy atom. The fourth-order valence-corrected chi connectivity index (χ4v) is 3.93. The molecule has 1 aliphatic heterocycles. The first-order valence-electron chi connectivity index (χ1n) is 9.66. The fourth-order valence-electron chi connectivity index (χ4n) is 3.28. The Morgan fingerprint density at radius 2 is 2.00 bits per heavy atom. The molecule has 3 aromatic rings. The van der Waals surface area contributed by atoms with Crippen molar-refractivity contribution in [2.75, 3.05) is 32.8 Å². The van der Waals surface area contributed by atoms with E-state index in [0.717, 1.165) is 34.8 Å². The van der Waals surface area contributed by atoms with E-state index >= 15 is 0 Å². The number of ether oxygens (including phenoxy) is 1. The van der Waals surface area contributed by atoms with Crippen molar-refractivity contribution in [2.24, 2.45) is 0 Å². The zero-order valence-corrected chi connectivity index (χ0v) is 17.4. The van der Waals surface area contributed by atoms with Gasteiger partial charge in [-0.3, -0.25) is 9.69 Å². The summed E-state index contributed by atoms with van der Waals surface area (Å²) < 4.78 is 11.1. The van der Waals surface area contributed by atoms with E-state index in [0.29, 0.717) is 31.3 Å². The van der Waals surface area contributed by atoms with Crippen LogP contribution in [0.15, 0.2) is 40.2 Å². The Balaban J connectivity index is 1.25. The largest absolute Gasteiger partial charge is 0.483 e. The Kier molecular flexibility index (Phi) is 5.92. The predicted molar refractivity (Wildman–Crippen MR) is 111 cm³/mol. The molecule has 0 radical (unpaired) electrons. The molecule has 0 bridgehead atoms. The van der Waals surface area contributed by atoms with Crippen LogP contribution in [-0.2, 0) is 11.3 Å². The van der Waals surface area contributed by atoms with Crippen LogP contribution >= 0.6 is 11.3 Å². The van der Waals surface area contributed by atoms with Crippen molar-refractivity contribution in [2.45, 2.75) is 20.4 Å². The van der Waals surface area contributed by atoms with E-state index in [1.165, 1.54) is 0 Å². The summed E-state index contributed by atoms with van der Waals surface area (Å²) in [7, 11) is 0. The van der Waals surface area contributed by atoms with Crippen LogP contribution in [0.4, 0.5) is 0 Å². The highest BCUT2D eigenvalue weighted by Gasteiger charge is 2.23. The number of carbonyl (C=O) groups is 1. The topological polar surface area (TPSA) is 71.7 Å². The summed E-state index contributed by atoms with van der Waals surface area (Å²) in [6, 6.07) is 9.83. The zero-order chi connectivity index (χ0) is 20.2. The molecular formula is C21H24N4O3S. The van der Waals surface area contributed by atoms with Crippen molar-refractivity contribution in [3.8, 4) is 16.5 Å². The summed E-state index contributed by atoms with van der Waals surface area (Å²) >= 11 is 1.59.